The monoisotopic (exact) mass is 518 g/mol. The zero-order valence-electron chi connectivity index (χ0n) is 18.3. The molecule has 5 nitrogen and oxygen atoms in total. The predicted octanol–water partition coefficient (Wildman–Crippen LogP) is -1.53. The molecule has 2 aromatic carbocycles. The molecule has 0 amide bonds. The van der Waals surface area contributed by atoms with E-state index in [9.17, 15) is 0 Å². The van der Waals surface area contributed by atoms with E-state index in [4.69, 9.17) is 24.4 Å². The van der Waals surface area contributed by atoms with E-state index in [1.807, 2.05) is 54.6 Å². The quantitative estimate of drug-likeness (QED) is 0.421. The topological polar surface area (TPSA) is 56.1 Å². The summed E-state index contributed by atoms with van der Waals surface area (Å²) in [5.41, 5.74) is 2.79. The Morgan fingerprint density at radius 3 is 1.39 bits per heavy atom. The number of benzene rings is 2. The average molecular weight is 519 g/mol. The Bertz CT molecular complexity index is 1060. The van der Waals surface area contributed by atoms with Gasteiger partial charge in [0.1, 0.15) is 35.7 Å². The van der Waals surface area contributed by atoms with Gasteiger partial charge >= 0.3 is 18.6 Å². The SMILES string of the molecule is CC1(c2ccccc2)COC(c2cccc(C3=NC(C)(c4ccccc4)CO3)n2)=N1.[Cl-].[Cl-].[V+2]. The molecule has 1 aromatic heterocycles. The number of hydrogen-bond acceptors (Lipinski definition) is 5. The fourth-order valence-corrected chi connectivity index (χ4v) is 3.82. The molecule has 2 unspecified atom stereocenters. The summed E-state index contributed by atoms with van der Waals surface area (Å²) in [6, 6.07) is 26.1. The maximum atomic E-state index is 5.94. The first kappa shape index (κ1) is 26.9. The molecular formula is C25H23Cl2N3O2V. The Labute approximate surface area is 218 Å². The van der Waals surface area contributed by atoms with Crippen LogP contribution in [0.5, 0.6) is 0 Å². The molecule has 0 aliphatic carbocycles. The summed E-state index contributed by atoms with van der Waals surface area (Å²) < 4.78 is 11.9. The smallest absolute Gasteiger partial charge is 1.00 e. The number of ether oxygens (including phenoxy) is 2. The fraction of sp³-hybridized carbons (Fsp3) is 0.240. The summed E-state index contributed by atoms with van der Waals surface area (Å²) in [4.78, 5) is 14.5. The molecule has 0 bridgehead atoms. The van der Waals surface area contributed by atoms with Gasteiger partial charge in [0.25, 0.3) is 0 Å². The molecule has 3 heterocycles. The minimum atomic E-state index is -0.415. The normalized spacial score (nSPS) is 23.0. The first-order valence-electron chi connectivity index (χ1n) is 10.1. The third kappa shape index (κ3) is 5.28. The van der Waals surface area contributed by atoms with Crippen LogP contribution in [0.3, 0.4) is 0 Å². The van der Waals surface area contributed by atoms with Crippen LogP contribution in [0.2, 0.25) is 0 Å². The van der Waals surface area contributed by atoms with Gasteiger partial charge in [0.15, 0.2) is 0 Å². The van der Waals surface area contributed by atoms with E-state index in [0.29, 0.717) is 36.4 Å². The second-order valence-corrected chi connectivity index (χ2v) is 8.10. The predicted molar refractivity (Wildman–Crippen MR) is 117 cm³/mol. The molecule has 2 aliphatic heterocycles. The Balaban J connectivity index is 0.00000128. The van der Waals surface area contributed by atoms with Gasteiger partial charge in [0, 0.05) is 0 Å². The van der Waals surface area contributed by atoms with Crippen molar-refractivity contribution >= 4 is 11.8 Å². The van der Waals surface area contributed by atoms with E-state index in [1.54, 1.807) is 0 Å². The summed E-state index contributed by atoms with van der Waals surface area (Å²) in [5.74, 6) is 1.10. The van der Waals surface area contributed by atoms with Crippen LogP contribution in [0.15, 0.2) is 88.8 Å². The number of halogens is 2. The van der Waals surface area contributed by atoms with Crippen LogP contribution in [0.1, 0.15) is 36.4 Å². The van der Waals surface area contributed by atoms with Crippen molar-refractivity contribution in [3.05, 3.63) is 101 Å². The molecule has 0 spiro atoms. The molecule has 8 heteroatoms. The Hall–Kier alpha value is -2.31. The first-order chi connectivity index (χ1) is 14.6. The van der Waals surface area contributed by atoms with E-state index in [2.05, 4.69) is 38.1 Å². The van der Waals surface area contributed by atoms with Crippen LogP contribution in [-0.2, 0) is 39.1 Å². The van der Waals surface area contributed by atoms with Gasteiger partial charge in [-0.1, -0.05) is 66.7 Å². The number of nitrogens with zero attached hydrogens (tertiary/aromatic N) is 3. The van der Waals surface area contributed by atoms with Crippen molar-refractivity contribution in [1.29, 1.82) is 0 Å². The molecule has 0 fully saturated rings. The molecule has 1 radical (unpaired) electrons. The number of hydrogen-bond donors (Lipinski definition) is 0. The Morgan fingerprint density at radius 2 is 1.00 bits per heavy atom. The molecule has 2 atom stereocenters. The molecule has 3 aromatic rings. The van der Waals surface area contributed by atoms with Crippen LogP contribution < -0.4 is 24.8 Å². The minimum Gasteiger partial charge on any atom is -1.00 e. The van der Waals surface area contributed by atoms with Crippen molar-refractivity contribution < 1.29 is 52.8 Å². The van der Waals surface area contributed by atoms with Gasteiger partial charge < -0.3 is 34.3 Å². The maximum absolute atomic E-state index is 5.94. The average Bonchev–Trinajstić information content (AvgIpc) is 3.40. The van der Waals surface area contributed by atoms with E-state index >= 15 is 0 Å². The minimum absolute atomic E-state index is 0. The van der Waals surface area contributed by atoms with Gasteiger partial charge in [-0.15, -0.1) is 0 Å². The van der Waals surface area contributed by atoms with E-state index in [1.165, 1.54) is 0 Å². The summed E-state index contributed by atoms with van der Waals surface area (Å²) in [6.07, 6.45) is 0. The van der Waals surface area contributed by atoms with Crippen molar-refractivity contribution in [2.24, 2.45) is 9.98 Å². The fourth-order valence-electron chi connectivity index (χ4n) is 3.82. The van der Waals surface area contributed by atoms with Gasteiger partial charge in [0.2, 0.25) is 11.8 Å². The van der Waals surface area contributed by atoms with Crippen LogP contribution in [0, 0.1) is 0 Å². The molecule has 33 heavy (non-hydrogen) atoms. The van der Waals surface area contributed by atoms with Crippen molar-refractivity contribution in [2.45, 2.75) is 24.9 Å². The third-order valence-electron chi connectivity index (χ3n) is 5.66. The van der Waals surface area contributed by atoms with Gasteiger partial charge in [-0.05, 0) is 37.1 Å². The molecule has 0 saturated heterocycles. The molecule has 0 saturated carbocycles. The molecule has 0 N–H and O–H groups in total. The number of pyridine rings is 1. The Kier molecular flexibility index (Phi) is 8.78. The van der Waals surface area contributed by atoms with Gasteiger partial charge in [-0.25, -0.2) is 15.0 Å². The van der Waals surface area contributed by atoms with Crippen LogP contribution in [-0.4, -0.2) is 30.0 Å². The second kappa shape index (κ2) is 10.7. The van der Waals surface area contributed by atoms with Gasteiger partial charge in [-0.2, -0.15) is 0 Å². The van der Waals surface area contributed by atoms with Crippen molar-refractivity contribution in [2.75, 3.05) is 13.2 Å². The van der Waals surface area contributed by atoms with Crippen molar-refractivity contribution in [3.63, 3.8) is 0 Å². The standard InChI is InChI=1S/C25H23N3O2.2ClH.V/c1-24(18-10-5-3-6-11-18)16-29-22(27-24)20-14-9-15-21(26-20)23-28-25(2,17-30-23)19-12-7-4-8-13-19;;;/h3-15H,16-17H2,1-2H3;2*1H;/q;;;+2/p-2. The number of rotatable bonds is 4. The molecular weight excluding hydrogens is 496 g/mol. The third-order valence-corrected chi connectivity index (χ3v) is 5.66. The zero-order valence-corrected chi connectivity index (χ0v) is 21.2. The maximum Gasteiger partial charge on any atom is 2.00 e. The summed E-state index contributed by atoms with van der Waals surface area (Å²) in [6.45, 7) is 5.13. The number of aromatic nitrogens is 1. The van der Waals surface area contributed by atoms with Crippen molar-refractivity contribution in [3.8, 4) is 0 Å². The second-order valence-electron chi connectivity index (χ2n) is 8.10. The van der Waals surface area contributed by atoms with Crippen LogP contribution in [0.25, 0.3) is 0 Å². The molecule has 2 aliphatic rings. The Morgan fingerprint density at radius 1 is 0.606 bits per heavy atom. The van der Waals surface area contributed by atoms with E-state index in [-0.39, 0.29) is 43.4 Å². The molecule has 169 valence electrons. The zero-order chi connectivity index (χ0) is 20.6. The van der Waals surface area contributed by atoms with Crippen LogP contribution in [0.4, 0.5) is 0 Å². The van der Waals surface area contributed by atoms with Gasteiger partial charge in [-0.3, -0.25) is 0 Å². The summed E-state index contributed by atoms with van der Waals surface area (Å²) in [5, 5.41) is 0. The summed E-state index contributed by atoms with van der Waals surface area (Å²) in [7, 11) is 0. The largest absolute Gasteiger partial charge is 2.00 e. The number of aliphatic imine (C=N–C) groups is 2. The van der Waals surface area contributed by atoms with E-state index < -0.39 is 11.1 Å². The summed E-state index contributed by atoms with van der Waals surface area (Å²) >= 11 is 0. The molecule has 5 rings (SSSR count). The first-order valence-corrected chi connectivity index (χ1v) is 10.1. The van der Waals surface area contributed by atoms with E-state index in [0.717, 1.165) is 11.1 Å². The van der Waals surface area contributed by atoms with Gasteiger partial charge in [0.05, 0.1) is 0 Å². The van der Waals surface area contributed by atoms with Crippen LogP contribution >= 0.6 is 0 Å². The van der Waals surface area contributed by atoms with Crippen molar-refractivity contribution in [1.82, 2.24) is 4.98 Å².